The Bertz CT molecular complexity index is 1370. The quantitative estimate of drug-likeness (QED) is 0.201. The maximum atomic E-state index is 12.1. The molecule has 222 valence electrons. The van der Waals surface area contributed by atoms with Gasteiger partial charge in [-0.3, -0.25) is 0 Å². The summed E-state index contributed by atoms with van der Waals surface area (Å²) >= 11 is 11.9. The van der Waals surface area contributed by atoms with Gasteiger partial charge in [-0.2, -0.15) is 0 Å². The minimum atomic E-state index is -1.05. The van der Waals surface area contributed by atoms with Crippen molar-refractivity contribution in [2.75, 3.05) is 20.3 Å². The van der Waals surface area contributed by atoms with Gasteiger partial charge in [0.05, 0.1) is 36.8 Å². The van der Waals surface area contributed by atoms with Crippen molar-refractivity contribution in [1.82, 2.24) is 0 Å². The third-order valence-electron chi connectivity index (χ3n) is 6.09. The lowest BCUT2D eigenvalue weighted by Gasteiger charge is -2.27. The van der Waals surface area contributed by atoms with Crippen LogP contribution in [0.5, 0.6) is 5.75 Å². The molecule has 1 heterocycles. The third-order valence-corrected chi connectivity index (χ3v) is 6.70. The van der Waals surface area contributed by atoms with E-state index in [4.69, 9.17) is 47.0 Å². The van der Waals surface area contributed by atoms with E-state index in [0.29, 0.717) is 18.7 Å². The second-order valence-electron chi connectivity index (χ2n) is 8.82. The molecular weight excluding hydrogens is 585 g/mol. The number of rotatable bonds is 9. The van der Waals surface area contributed by atoms with Gasteiger partial charge in [0.15, 0.2) is 23.2 Å². The zero-order chi connectivity index (χ0) is 30.7. The van der Waals surface area contributed by atoms with Gasteiger partial charge in [-0.25, -0.2) is 14.4 Å². The fourth-order valence-corrected chi connectivity index (χ4v) is 4.56. The molecular formula is C31H31Cl2NO8. The highest BCUT2D eigenvalue weighted by molar-refractivity contribution is 6.37. The van der Waals surface area contributed by atoms with Crippen LogP contribution in [-0.4, -0.2) is 50.0 Å². The Morgan fingerprint density at radius 1 is 0.857 bits per heavy atom. The lowest BCUT2D eigenvalue weighted by Crippen LogP contribution is -2.29. The van der Waals surface area contributed by atoms with Crippen molar-refractivity contribution >= 4 is 46.8 Å². The third kappa shape index (κ3) is 7.60. The summed E-state index contributed by atoms with van der Waals surface area (Å²) in [4.78, 5) is 41.2. The minimum absolute atomic E-state index is 0.0298. The normalized spacial score (nSPS) is 13.8. The van der Waals surface area contributed by atoms with E-state index in [9.17, 15) is 14.4 Å². The van der Waals surface area contributed by atoms with Gasteiger partial charge in [0, 0.05) is 11.1 Å². The second kappa shape index (κ2) is 15.2. The van der Waals surface area contributed by atoms with Crippen molar-refractivity contribution in [3.8, 4) is 5.75 Å². The van der Waals surface area contributed by atoms with Gasteiger partial charge in [-0.15, -0.1) is 0 Å². The van der Waals surface area contributed by atoms with Gasteiger partial charge in [-0.05, 0) is 32.9 Å². The molecule has 3 aromatic rings. The Morgan fingerprint density at radius 3 is 1.93 bits per heavy atom. The first-order chi connectivity index (χ1) is 20.2. The predicted octanol–water partition coefficient (Wildman–Crippen LogP) is 6.38. The van der Waals surface area contributed by atoms with E-state index in [2.05, 4.69) is 5.16 Å². The van der Waals surface area contributed by atoms with Crippen LogP contribution in [0.2, 0.25) is 10.0 Å². The molecule has 0 spiro atoms. The predicted molar refractivity (Wildman–Crippen MR) is 158 cm³/mol. The molecule has 11 heteroatoms. The van der Waals surface area contributed by atoms with E-state index in [1.165, 1.54) is 26.2 Å². The largest absolute Gasteiger partial charge is 0.494 e. The molecule has 0 saturated heterocycles. The molecule has 4 rings (SSSR count). The Hall–Kier alpha value is -4.08. The smallest absolute Gasteiger partial charge is 0.356 e. The lowest BCUT2D eigenvalue weighted by molar-refractivity contribution is -0.152. The number of oxime groups is 1. The Kier molecular flexibility index (Phi) is 11.8. The van der Waals surface area contributed by atoms with Gasteiger partial charge in [0.2, 0.25) is 0 Å². The summed E-state index contributed by atoms with van der Waals surface area (Å²) in [5.74, 6) is -1.77. The summed E-state index contributed by atoms with van der Waals surface area (Å²) in [7, 11) is 1.35. The fourth-order valence-electron chi connectivity index (χ4n) is 4.10. The summed E-state index contributed by atoms with van der Waals surface area (Å²) in [6.07, 6.45) is -0.693. The molecule has 0 N–H and O–H groups in total. The standard InChI is InChI=1S/C18H17NO3.C13H14Cl2O5/c1-2-21-17(20)16-13-18(22-19-16,14-9-5-3-6-10-14)15-11-7-4-8-12-15;1-4-19-12(16)7(2)20-13(17)10-8(14)5-6-9(15)11(10)18-3/h3-12H,2,13H2,1H3;5-7H,4H2,1-3H3. The highest BCUT2D eigenvalue weighted by atomic mass is 35.5. The first-order valence-electron chi connectivity index (χ1n) is 13.1. The van der Waals surface area contributed by atoms with Crippen LogP contribution in [0.25, 0.3) is 0 Å². The monoisotopic (exact) mass is 615 g/mol. The molecule has 0 bridgehead atoms. The summed E-state index contributed by atoms with van der Waals surface area (Å²) in [5, 5.41) is 4.34. The van der Waals surface area contributed by atoms with Crippen molar-refractivity contribution in [2.24, 2.45) is 5.16 Å². The summed E-state index contributed by atoms with van der Waals surface area (Å²) in [5.41, 5.74) is 1.44. The average molecular weight is 616 g/mol. The van der Waals surface area contributed by atoms with E-state index in [-0.39, 0.29) is 28.0 Å². The van der Waals surface area contributed by atoms with Crippen LogP contribution >= 0.6 is 23.2 Å². The molecule has 0 saturated carbocycles. The second-order valence-corrected chi connectivity index (χ2v) is 9.64. The number of carbonyl (C=O) groups is 3. The molecule has 3 aromatic carbocycles. The van der Waals surface area contributed by atoms with Crippen LogP contribution in [0.1, 0.15) is 48.7 Å². The van der Waals surface area contributed by atoms with Crippen molar-refractivity contribution in [1.29, 1.82) is 0 Å². The van der Waals surface area contributed by atoms with E-state index < -0.39 is 29.6 Å². The number of benzene rings is 3. The number of hydrogen-bond donors (Lipinski definition) is 0. The van der Waals surface area contributed by atoms with Gasteiger partial charge < -0.3 is 23.8 Å². The average Bonchev–Trinajstić information content (AvgIpc) is 3.46. The van der Waals surface area contributed by atoms with E-state index >= 15 is 0 Å². The molecule has 0 aliphatic carbocycles. The number of methoxy groups -OCH3 is 1. The minimum Gasteiger partial charge on any atom is -0.494 e. The number of hydrogen-bond acceptors (Lipinski definition) is 9. The lowest BCUT2D eigenvalue weighted by atomic mass is 9.82. The van der Waals surface area contributed by atoms with E-state index in [0.717, 1.165) is 11.1 Å². The van der Waals surface area contributed by atoms with E-state index in [1.54, 1.807) is 13.8 Å². The van der Waals surface area contributed by atoms with Crippen LogP contribution in [0.15, 0.2) is 78.0 Å². The first kappa shape index (κ1) is 32.4. The molecule has 9 nitrogen and oxygen atoms in total. The summed E-state index contributed by atoms with van der Waals surface area (Å²) < 4.78 is 19.8. The number of nitrogens with zero attached hydrogens (tertiary/aromatic N) is 1. The molecule has 0 fully saturated rings. The van der Waals surface area contributed by atoms with Gasteiger partial charge in [0.25, 0.3) is 0 Å². The molecule has 0 amide bonds. The maximum Gasteiger partial charge on any atom is 0.356 e. The summed E-state index contributed by atoms with van der Waals surface area (Å²) in [6, 6.07) is 22.6. The Morgan fingerprint density at radius 2 is 1.40 bits per heavy atom. The van der Waals surface area contributed by atoms with Crippen LogP contribution in [0, 0.1) is 0 Å². The molecule has 1 aliphatic rings. The molecule has 1 unspecified atom stereocenters. The zero-order valence-corrected chi connectivity index (χ0v) is 25.1. The summed E-state index contributed by atoms with van der Waals surface area (Å²) in [6.45, 7) is 5.35. The number of ether oxygens (including phenoxy) is 4. The van der Waals surface area contributed by atoms with Crippen molar-refractivity contribution in [2.45, 2.75) is 38.9 Å². The van der Waals surface area contributed by atoms with Gasteiger partial charge in [0.1, 0.15) is 5.56 Å². The number of halogens is 2. The molecule has 0 radical (unpaired) electrons. The van der Waals surface area contributed by atoms with Crippen molar-refractivity contribution in [3.63, 3.8) is 0 Å². The molecule has 1 atom stereocenters. The molecule has 42 heavy (non-hydrogen) atoms. The van der Waals surface area contributed by atoms with Crippen LogP contribution in [0.4, 0.5) is 0 Å². The Labute approximate surface area is 254 Å². The van der Waals surface area contributed by atoms with E-state index in [1.807, 2.05) is 60.7 Å². The fraction of sp³-hybridized carbons (Fsp3) is 0.290. The highest BCUT2D eigenvalue weighted by Crippen LogP contribution is 2.41. The highest BCUT2D eigenvalue weighted by Gasteiger charge is 2.45. The molecule has 1 aliphatic heterocycles. The molecule has 0 aromatic heterocycles. The number of carbonyl (C=O) groups excluding carboxylic acids is 3. The van der Waals surface area contributed by atoms with Crippen LogP contribution < -0.4 is 4.74 Å². The van der Waals surface area contributed by atoms with Gasteiger partial charge in [-0.1, -0.05) is 89.0 Å². The SMILES string of the molecule is CCOC(=O)C(C)OC(=O)c1c(Cl)ccc(Cl)c1OC.CCOC(=O)C1=NOC(c2ccccc2)(c2ccccc2)C1. The van der Waals surface area contributed by atoms with Crippen LogP contribution in [0.3, 0.4) is 0 Å². The zero-order valence-electron chi connectivity index (χ0n) is 23.6. The van der Waals surface area contributed by atoms with Crippen LogP contribution in [-0.2, 0) is 34.2 Å². The van der Waals surface area contributed by atoms with Crippen molar-refractivity contribution < 1.29 is 38.2 Å². The topological polar surface area (TPSA) is 110 Å². The maximum absolute atomic E-state index is 12.1. The van der Waals surface area contributed by atoms with Crippen molar-refractivity contribution in [3.05, 3.63) is 99.5 Å². The Balaban J connectivity index is 0.000000232. The first-order valence-corrected chi connectivity index (χ1v) is 13.9. The number of esters is 3. The van der Waals surface area contributed by atoms with Gasteiger partial charge >= 0.3 is 17.9 Å².